The quantitative estimate of drug-likeness (QED) is 0.286. The Balaban J connectivity index is 0.00000484. The predicted octanol–water partition coefficient (Wildman–Crippen LogP) is 3.40. The lowest BCUT2D eigenvalue weighted by Crippen LogP contribution is -2.41. The first-order valence-corrected chi connectivity index (χ1v) is 8.17. The van der Waals surface area contributed by atoms with Crippen molar-refractivity contribution in [3.63, 3.8) is 0 Å². The number of pyridine rings is 1. The summed E-state index contributed by atoms with van der Waals surface area (Å²) in [6.07, 6.45) is 4.98. The van der Waals surface area contributed by atoms with Crippen molar-refractivity contribution in [2.75, 3.05) is 26.0 Å². The van der Waals surface area contributed by atoms with Gasteiger partial charge in [-0.15, -0.1) is 24.0 Å². The molecule has 1 heterocycles. The fourth-order valence-corrected chi connectivity index (χ4v) is 2.19. The summed E-state index contributed by atoms with van der Waals surface area (Å²) >= 11 is 0. The van der Waals surface area contributed by atoms with Crippen LogP contribution in [0.3, 0.4) is 0 Å². The average molecular weight is 433 g/mol. The lowest BCUT2D eigenvalue weighted by molar-refractivity contribution is 0.546. The lowest BCUT2D eigenvalue weighted by Gasteiger charge is -2.18. The highest BCUT2D eigenvalue weighted by Gasteiger charge is 2.06. The number of guanidine groups is 1. The summed E-state index contributed by atoms with van der Waals surface area (Å²) in [4.78, 5) is 10.9. The van der Waals surface area contributed by atoms with Crippen LogP contribution in [-0.4, -0.2) is 38.1 Å². The Hall–Kier alpha value is -1.05. The molecule has 0 aliphatic heterocycles. The van der Waals surface area contributed by atoms with E-state index in [1.807, 2.05) is 37.2 Å². The molecule has 1 rings (SSSR count). The number of hydrogen-bond acceptors (Lipinski definition) is 3. The molecule has 6 heteroatoms. The monoisotopic (exact) mass is 433 g/mol. The molecule has 0 aliphatic rings. The standard InChI is InChI=1S/C17H31N5.HI/c1-6-7-8-10-14(2)20-17(18-3)19-13-15-11-9-12-16(21-15)22(4)5;/h9,11-12,14H,6-8,10,13H2,1-5H3,(H2,18,19,20);1H. The van der Waals surface area contributed by atoms with Gasteiger partial charge in [0, 0.05) is 27.2 Å². The minimum atomic E-state index is 0. The summed E-state index contributed by atoms with van der Waals surface area (Å²) in [5.41, 5.74) is 1.01. The van der Waals surface area contributed by atoms with Crippen molar-refractivity contribution in [1.82, 2.24) is 15.6 Å². The summed E-state index contributed by atoms with van der Waals surface area (Å²) in [6, 6.07) is 6.49. The zero-order valence-corrected chi connectivity index (χ0v) is 17.4. The molecule has 0 aromatic carbocycles. The highest BCUT2D eigenvalue weighted by atomic mass is 127. The molecule has 0 bridgehead atoms. The van der Waals surface area contributed by atoms with E-state index in [1.54, 1.807) is 7.05 Å². The zero-order valence-electron chi connectivity index (χ0n) is 15.1. The van der Waals surface area contributed by atoms with Crippen LogP contribution in [0.2, 0.25) is 0 Å². The number of anilines is 1. The van der Waals surface area contributed by atoms with E-state index in [1.165, 1.54) is 25.7 Å². The number of aliphatic imine (C=N–C) groups is 1. The molecule has 2 N–H and O–H groups in total. The maximum absolute atomic E-state index is 4.60. The Morgan fingerprint density at radius 3 is 2.65 bits per heavy atom. The van der Waals surface area contributed by atoms with Gasteiger partial charge < -0.3 is 15.5 Å². The zero-order chi connectivity index (χ0) is 16.4. The predicted molar refractivity (Wildman–Crippen MR) is 111 cm³/mol. The highest BCUT2D eigenvalue weighted by molar-refractivity contribution is 14.0. The van der Waals surface area contributed by atoms with Crippen LogP contribution in [0.5, 0.6) is 0 Å². The van der Waals surface area contributed by atoms with E-state index in [4.69, 9.17) is 0 Å². The van der Waals surface area contributed by atoms with E-state index in [0.29, 0.717) is 12.6 Å². The van der Waals surface area contributed by atoms with E-state index in [0.717, 1.165) is 17.5 Å². The fraction of sp³-hybridized carbons (Fsp3) is 0.647. The molecule has 1 atom stereocenters. The Bertz CT molecular complexity index is 462. The van der Waals surface area contributed by atoms with Crippen LogP contribution in [0.15, 0.2) is 23.2 Å². The molecule has 0 amide bonds. The summed E-state index contributed by atoms with van der Waals surface area (Å²) in [5.74, 6) is 1.80. The summed E-state index contributed by atoms with van der Waals surface area (Å²) in [7, 11) is 5.80. The Kier molecular flexibility index (Phi) is 11.8. The largest absolute Gasteiger partial charge is 0.363 e. The summed E-state index contributed by atoms with van der Waals surface area (Å²) < 4.78 is 0. The van der Waals surface area contributed by atoms with Crippen molar-refractivity contribution < 1.29 is 0 Å². The van der Waals surface area contributed by atoms with Crippen LogP contribution in [0.4, 0.5) is 5.82 Å². The van der Waals surface area contributed by atoms with Crippen molar-refractivity contribution in [2.45, 2.75) is 52.1 Å². The van der Waals surface area contributed by atoms with E-state index in [2.05, 4.69) is 34.5 Å². The van der Waals surface area contributed by atoms with E-state index >= 15 is 0 Å². The molecular weight excluding hydrogens is 401 g/mol. The Labute approximate surface area is 158 Å². The molecule has 1 unspecified atom stereocenters. The van der Waals surface area contributed by atoms with Crippen molar-refractivity contribution in [2.24, 2.45) is 4.99 Å². The molecule has 0 spiro atoms. The van der Waals surface area contributed by atoms with Crippen LogP contribution in [0, 0.1) is 0 Å². The van der Waals surface area contributed by atoms with Crippen molar-refractivity contribution in [3.05, 3.63) is 23.9 Å². The molecule has 1 aromatic rings. The maximum atomic E-state index is 4.60. The van der Waals surface area contributed by atoms with Gasteiger partial charge >= 0.3 is 0 Å². The summed E-state index contributed by atoms with van der Waals surface area (Å²) in [5, 5.41) is 6.76. The van der Waals surface area contributed by atoms with Crippen LogP contribution >= 0.6 is 24.0 Å². The van der Waals surface area contributed by atoms with Gasteiger partial charge in [-0.2, -0.15) is 0 Å². The topological polar surface area (TPSA) is 52.6 Å². The molecule has 132 valence electrons. The van der Waals surface area contributed by atoms with Crippen molar-refractivity contribution in [1.29, 1.82) is 0 Å². The van der Waals surface area contributed by atoms with Crippen LogP contribution in [0.25, 0.3) is 0 Å². The molecule has 0 radical (unpaired) electrons. The smallest absolute Gasteiger partial charge is 0.191 e. The number of aromatic nitrogens is 1. The molecule has 0 fully saturated rings. The first-order valence-electron chi connectivity index (χ1n) is 8.17. The fourth-order valence-electron chi connectivity index (χ4n) is 2.19. The van der Waals surface area contributed by atoms with Gasteiger partial charge in [0.1, 0.15) is 5.82 Å². The second-order valence-electron chi connectivity index (χ2n) is 5.85. The Morgan fingerprint density at radius 2 is 2.04 bits per heavy atom. The van der Waals surface area contributed by atoms with E-state index in [-0.39, 0.29) is 24.0 Å². The lowest BCUT2D eigenvalue weighted by atomic mass is 10.1. The van der Waals surface area contributed by atoms with Crippen molar-refractivity contribution >= 4 is 35.8 Å². The second-order valence-corrected chi connectivity index (χ2v) is 5.85. The van der Waals surface area contributed by atoms with Gasteiger partial charge in [-0.3, -0.25) is 4.99 Å². The number of unbranched alkanes of at least 4 members (excludes halogenated alkanes) is 2. The van der Waals surface area contributed by atoms with Gasteiger partial charge in [-0.1, -0.05) is 32.3 Å². The highest BCUT2D eigenvalue weighted by Crippen LogP contribution is 2.07. The van der Waals surface area contributed by atoms with Crippen molar-refractivity contribution in [3.8, 4) is 0 Å². The van der Waals surface area contributed by atoms with E-state index in [9.17, 15) is 0 Å². The number of nitrogens with zero attached hydrogens (tertiary/aromatic N) is 3. The third-order valence-electron chi connectivity index (χ3n) is 3.53. The minimum absolute atomic E-state index is 0. The van der Waals surface area contributed by atoms with Gasteiger partial charge in [-0.25, -0.2) is 4.98 Å². The van der Waals surface area contributed by atoms with Gasteiger partial charge in [0.15, 0.2) is 5.96 Å². The molecule has 0 saturated carbocycles. The van der Waals surface area contributed by atoms with Crippen LogP contribution in [0.1, 0.15) is 45.2 Å². The third-order valence-corrected chi connectivity index (χ3v) is 3.53. The number of rotatable bonds is 8. The van der Waals surface area contributed by atoms with E-state index < -0.39 is 0 Å². The average Bonchev–Trinajstić information content (AvgIpc) is 2.52. The molecule has 5 nitrogen and oxygen atoms in total. The SMILES string of the molecule is CCCCCC(C)NC(=NC)NCc1cccc(N(C)C)n1.I. The molecule has 0 aliphatic carbocycles. The van der Waals surface area contributed by atoms with Gasteiger partial charge in [0.05, 0.1) is 12.2 Å². The first-order chi connectivity index (χ1) is 10.6. The second kappa shape index (κ2) is 12.4. The van der Waals surface area contributed by atoms with Crippen LogP contribution < -0.4 is 15.5 Å². The van der Waals surface area contributed by atoms with Gasteiger partial charge in [0.25, 0.3) is 0 Å². The first kappa shape index (κ1) is 21.9. The van der Waals surface area contributed by atoms with Crippen LogP contribution in [-0.2, 0) is 6.54 Å². The summed E-state index contributed by atoms with van der Waals surface area (Å²) in [6.45, 7) is 5.10. The maximum Gasteiger partial charge on any atom is 0.191 e. The number of halogens is 1. The molecule has 23 heavy (non-hydrogen) atoms. The Morgan fingerprint density at radius 1 is 1.30 bits per heavy atom. The van der Waals surface area contributed by atoms with Gasteiger partial charge in [0.2, 0.25) is 0 Å². The third kappa shape index (κ3) is 8.98. The molecule has 0 saturated heterocycles. The number of nitrogens with one attached hydrogen (secondary N) is 2. The minimum Gasteiger partial charge on any atom is -0.363 e. The van der Waals surface area contributed by atoms with Gasteiger partial charge in [-0.05, 0) is 25.5 Å². The normalized spacial score (nSPS) is 12.3. The number of hydrogen-bond donors (Lipinski definition) is 2. The molecular formula is C17H32IN5. The molecule has 1 aromatic heterocycles.